The first-order valence-corrected chi connectivity index (χ1v) is 8.42. The van der Waals surface area contributed by atoms with Crippen molar-refractivity contribution >= 4 is 34.2 Å². The number of amides is 1. The van der Waals surface area contributed by atoms with Crippen molar-refractivity contribution in [3.05, 3.63) is 39.2 Å². The van der Waals surface area contributed by atoms with Crippen LogP contribution >= 0.6 is 22.6 Å². The second kappa shape index (κ2) is 6.88. The van der Waals surface area contributed by atoms with E-state index in [2.05, 4.69) is 33.0 Å². The first kappa shape index (κ1) is 16.3. The summed E-state index contributed by atoms with van der Waals surface area (Å²) in [6.07, 6.45) is 2.66. The number of rotatable bonds is 4. The van der Waals surface area contributed by atoms with E-state index in [0.29, 0.717) is 12.2 Å². The summed E-state index contributed by atoms with van der Waals surface area (Å²) in [5.41, 5.74) is 2.18. The fraction of sp³-hybridized carbons (Fsp3) is 0.375. The fourth-order valence-corrected chi connectivity index (χ4v) is 3.27. The van der Waals surface area contributed by atoms with Crippen molar-refractivity contribution in [3.8, 4) is 5.75 Å². The third-order valence-corrected chi connectivity index (χ3v) is 4.74. The van der Waals surface area contributed by atoms with E-state index in [4.69, 9.17) is 9.47 Å². The number of carbonyl (C=O) groups excluding carboxylic acids is 1. The van der Waals surface area contributed by atoms with Crippen LogP contribution in [0.5, 0.6) is 5.75 Å². The second-order valence-corrected chi connectivity index (χ2v) is 6.62. The molecule has 3 rings (SSSR count). The van der Waals surface area contributed by atoms with E-state index in [1.165, 1.54) is 0 Å². The highest BCUT2D eigenvalue weighted by atomic mass is 127. The summed E-state index contributed by atoms with van der Waals surface area (Å²) in [7, 11) is 3.45. The molecule has 2 aromatic rings. The summed E-state index contributed by atoms with van der Waals surface area (Å²) in [6.45, 7) is 1.34. The van der Waals surface area contributed by atoms with Gasteiger partial charge in [-0.1, -0.05) is 0 Å². The van der Waals surface area contributed by atoms with E-state index in [0.717, 1.165) is 33.7 Å². The zero-order valence-electron chi connectivity index (χ0n) is 13.0. The lowest BCUT2D eigenvalue weighted by Gasteiger charge is -2.10. The summed E-state index contributed by atoms with van der Waals surface area (Å²) in [5.74, 6) is 0.799. The van der Waals surface area contributed by atoms with Crippen LogP contribution in [-0.4, -0.2) is 36.0 Å². The van der Waals surface area contributed by atoms with Crippen LogP contribution in [0.3, 0.4) is 0 Å². The van der Waals surface area contributed by atoms with E-state index in [-0.39, 0.29) is 11.8 Å². The molecule has 122 valence electrons. The quantitative estimate of drug-likeness (QED) is 0.763. The molecule has 1 atom stereocenters. The minimum Gasteiger partial charge on any atom is -0.497 e. The van der Waals surface area contributed by atoms with Gasteiger partial charge in [0.05, 0.1) is 30.7 Å². The van der Waals surface area contributed by atoms with E-state index in [9.17, 15) is 4.79 Å². The number of benzene rings is 1. The molecule has 2 heterocycles. The van der Waals surface area contributed by atoms with E-state index >= 15 is 0 Å². The smallest absolute Gasteiger partial charge is 0.259 e. The summed E-state index contributed by atoms with van der Waals surface area (Å²) in [6, 6.07) is 5.55. The average molecular weight is 427 g/mol. The van der Waals surface area contributed by atoms with Crippen molar-refractivity contribution in [1.82, 2.24) is 9.78 Å². The number of hydrogen-bond donors (Lipinski definition) is 1. The molecule has 0 radical (unpaired) electrons. The molecule has 0 aliphatic carbocycles. The van der Waals surface area contributed by atoms with Crippen molar-refractivity contribution in [3.63, 3.8) is 0 Å². The highest BCUT2D eigenvalue weighted by Gasteiger charge is 2.26. The zero-order valence-corrected chi connectivity index (χ0v) is 15.2. The van der Waals surface area contributed by atoms with Gasteiger partial charge >= 0.3 is 0 Å². The van der Waals surface area contributed by atoms with Gasteiger partial charge in [-0.05, 0) is 47.2 Å². The third-order valence-electron chi connectivity index (χ3n) is 3.84. The Hall–Kier alpha value is -1.61. The molecule has 1 aromatic carbocycles. The summed E-state index contributed by atoms with van der Waals surface area (Å²) < 4.78 is 13.2. The summed E-state index contributed by atoms with van der Waals surface area (Å²) in [5, 5.41) is 7.42. The molecule has 1 aliphatic rings. The van der Waals surface area contributed by atoms with Gasteiger partial charge < -0.3 is 14.8 Å². The predicted octanol–water partition coefficient (Wildman–Crippen LogP) is 2.79. The molecule has 0 saturated carbocycles. The molecular weight excluding hydrogens is 409 g/mol. The van der Waals surface area contributed by atoms with Gasteiger partial charge in [0.2, 0.25) is 0 Å². The number of aryl methyl sites for hydroxylation is 1. The van der Waals surface area contributed by atoms with Gasteiger partial charge in [-0.3, -0.25) is 9.48 Å². The number of ether oxygens (including phenoxy) is 2. The largest absolute Gasteiger partial charge is 0.497 e. The molecule has 1 amide bonds. The first-order valence-electron chi connectivity index (χ1n) is 7.34. The Kier molecular flexibility index (Phi) is 4.86. The number of aromatic nitrogens is 2. The maximum Gasteiger partial charge on any atom is 0.259 e. The maximum absolute atomic E-state index is 12.7. The van der Waals surface area contributed by atoms with Gasteiger partial charge in [0.1, 0.15) is 5.75 Å². The van der Waals surface area contributed by atoms with Gasteiger partial charge in [0.25, 0.3) is 5.91 Å². The molecule has 1 aliphatic heterocycles. The minimum absolute atomic E-state index is 0.150. The Morgan fingerprint density at radius 3 is 3.00 bits per heavy atom. The first-order chi connectivity index (χ1) is 11.1. The van der Waals surface area contributed by atoms with Crippen LogP contribution in [0, 0.1) is 3.57 Å². The lowest BCUT2D eigenvalue weighted by molar-refractivity contribution is 0.102. The van der Waals surface area contributed by atoms with Gasteiger partial charge in [0, 0.05) is 29.3 Å². The summed E-state index contributed by atoms with van der Waals surface area (Å²) >= 11 is 2.18. The molecule has 6 nitrogen and oxygen atoms in total. The predicted molar refractivity (Wildman–Crippen MR) is 95.0 cm³/mol. The molecule has 1 unspecified atom stereocenters. The Bertz CT molecular complexity index is 723. The standard InChI is InChI=1S/C16H18IN3O3/c1-20-8-12(15(19-20)10-5-6-23-9-10)16(21)18-14-4-3-11(22-2)7-13(14)17/h3-4,7-8,10H,5-6,9H2,1-2H3,(H,18,21). The Morgan fingerprint density at radius 2 is 2.35 bits per heavy atom. The fourth-order valence-electron chi connectivity index (χ4n) is 2.65. The van der Waals surface area contributed by atoms with Gasteiger partial charge in [-0.25, -0.2) is 0 Å². The van der Waals surface area contributed by atoms with Crippen LogP contribution in [0.25, 0.3) is 0 Å². The number of nitrogens with zero attached hydrogens (tertiary/aromatic N) is 2. The molecule has 23 heavy (non-hydrogen) atoms. The van der Waals surface area contributed by atoms with Crippen LogP contribution in [0.1, 0.15) is 28.4 Å². The molecule has 0 bridgehead atoms. The van der Waals surface area contributed by atoms with E-state index < -0.39 is 0 Å². The lowest BCUT2D eigenvalue weighted by Crippen LogP contribution is -2.15. The molecule has 1 fully saturated rings. The van der Waals surface area contributed by atoms with Gasteiger partial charge in [0.15, 0.2) is 0 Å². The SMILES string of the molecule is COc1ccc(NC(=O)c2cn(C)nc2C2CCOC2)c(I)c1. The Labute approximate surface area is 148 Å². The molecule has 1 aromatic heterocycles. The summed E-state index contributed by atoms with van der Waals surface area (Å²) in [4.78, 5) is 12.7. The number of hydrogen-bond acceptors (Lipinski definition) is 4. The van der Waals surface area contributed by atoms with E-state index in [1.807, 2.05) is 25.2 Å². The number of nitrogens with one attached hydrogen (secondary N) is 1. The topological polar surface area (TPSA) is 65.4 Å². The highest BCUT2D eigenvalue weighted by Crippen LogP contribution is 2.28. The van der Waals surface area contributed by atoms with Crippen molar-refractivity contribution in [1.29, 1.82) is 0 Å². The molecule has 7 heteroatoms. The van der Waals surface area contributed by atoms with Gasteiger partial charge in [-0.2, -0.15) is 5.10 Å². The van der Waals surface area contributed by atoms with Crippen LogP contribution in [-0.2, 0) is 11.8 Å². The number of halogens is 1. The Morgan fingerprint density at radius 1 is 1.52 bits per heavy atom. The van der Waals surface area contributed by atoms with Crippen molar-refractivity contribution in [2.75, 3.05) is 25.6 Å². The molecule has 1 saturated heterocycles. The van der Waals surface area contributed by atoms with Crippen LogP contribution in [0.2, 0.25) is 0 Å². The normalized spacial score (nSPS) is 17.3. The lowest BCUT2D eigenvalue weighted by atomic mass is 10.0. The minimum atomic E-state index is -0.150. The second-order valence-electron chi connectivity index (χ2n) is 5.46. The van der Waals surface area contributed by atoms with Gasteiger partial charge in [-0.15, -0.1) is 0 Å². The molecular formula is C16H18IN3O3. The Balaban J connectivity index is 1.83. The number of anilines is 1. The van der Waals surface area contributed by atoms with E-state index in [1.54, 1.807) is 18.0 Å². The number of carbonyl (C=O) groups is 1. The average Bonchev–Trinajstić information content (AvgIpc) is 3.18. The zero-order chi connectivity index (χ0) is 16.4. The molecule has 1 N–H and O–H groups in total. The van der Waals surface area contributed by atoms with Crippen LogP contribution in [0.4, 0.5) is 5.69 Å². The monoisotopic (exact) mass is 427 g/mol. The van der Waals surface area contributed by atoms with Crippen LogP contribution < -0.4 is 10.1 Å². The maximum atomic E-state index is 12.7. The third kappa shape index (κ3) is 3.50. The highest BCUT2D eigenvalue weighted by molar-refractivity contribution is 14.1. The molecule has 0 spiro atoms. The van der Waals surface area contributed by atoms with Crippen molar-refractivity contribution in [2.24, 2.45) is 7.05 Å². The van der Waals surface area contributed by atoms with Crippen LogP contribution in [0.15, 0.2) is 24.4 Å². The van der Waals surface area contributed by atoms with Crippen molar-refractivity contribution < 1.29 is 14.3 Å². The number of methoxy groups -OCH3 is 1. The van der Waals surface area contributed by atoms with Crippen molar-refractivity contribution in [2.45, 2.75) is 12.3 Å².